The van der Waals surface area contributed by atoms with E-state index in [-0.39, 0.29) is 17.2 Å². The molecule has 1 aliphatic heterocycles. The molecule has 1 fully saturated rings. The molecule has 0 N–H and O–H groups in total. The fraction of sp³-hybridized carbons (Fsp3) is 0.238. The van der Waals surface area contributed by atoms with Crippen LogP contribution in [0.3, 0.4) is 0 Å². The summed E-state index contributed by atoms with van der Waals surface area (Å²) in [7, 11) is 0. The normalized spacial score (nSPS) is 13.6. The second kappa shape index (κ2) is 9.33. The van der Waals surface area contributed by atoms with E-state index in [2.05, 4.69) is 16.0 Å². The minimum absolute atomic E-state index is 0.112. The Labute approximate surface area is 192 Å². The van der Waals surface area contributed by atoms with Gasteiger partial charge < -0.3 is 9.80 Å². The number of hydrogen-bond acceptors (Lipinski definition) is 9. The molecule has 1 amide bonds. The number of nitro benzene ring substituents is 1. The van der Waals surface area contributed by atoms with Crippen molar-refractivity contribution in [1.29, 1.82) is 5.26 Å². The van der Waals surface area contributed by atoms with E-state index in [1.807, 2.05) is 17.2 Å². The van der Waals surface area contributed by atoms with E-state index in [0.717, 1.165) is 5.69 Å². The predicted octanol–water partition coefficient (Wildman–Crippen LogP) is 3.74. The number of pyridine rings is 1. The van der Waals surface area contributed by atoms with Crippen LogP contribution in [0, 0.1) is 28.4 Å². The van der Waals surface area contributed by atoms with Crippen LogP contribution in [0.1, 0.15) is 21.6 Å². The predicted molar refractivity (Wildman–Crippen MR) is 121 cm³/mol. The van der Waals surface area contributed by atoms with E-state index in [9.17, 15) is 20.2 Å². The van der Waals surface area contributed by atoms with E-state index >= 15 is 0 Å². The molecule has 3 aromatic rings. The zero-order valence-corrected chi connectivity index (χ0v) is 18.7. The maximum absolute atomic E-state index is 13.0. The van der Waals surface area contributed by atoms with Crippen molar-refractivity contribution in [3.63, 3.8) is 0 Å². The molecule has 11 heteroatoms. The molecular weight excluding hydrogens is 448 g/mol. The van der Waals surface area contributed by atoms with Crippen LogP contribution >= 0.6 is 23.1 Å². The van der Waals surface area contributed by atoms with Crippen molar-refractivity contribution in [3.05, 3.63) is 68.8 Å². The third-order valence-corrected chi connectivity index (χ3v) is 7.09. The summed E-state index contributed by atoms with van der Waals surface area (Å²) in [6, 6.07) is 10.1. The van der Waals surface area contributed by atoms with Gasteiger partial charge in [-0.25, -0.2) is 9.97 Å². The van der Waals surface area contributed by atoms with Crippen LogP contribution in [-0.4, -0.2) is 51.9 Å². The summed E-state index contributed by atoms with van der Waals surface area (Å²) < 4.78 is 0.715. The Hall–Kier alpha value is -3.49. The number of nitro groups is 1. The SMILES string of the molecule is Cc1csc(Sc2ccc(C(=O)N3CCN(c4ncccc4C#N)CC3)cc2[N+](=O)[O-])n1. The first-order valence-corrected chi connectivity index (χ1v) is 11.4. The largest absolute Gasteiger partial charge is 0.352 e. The highest BCUT2D eigenvalue weighted by Crippen LogP contribution is 2.37. The lowest BCUT2D eigenvalue weighted by molar-refractivity contribution is -0.387. The van der Waals surface area contributed by atoms with Gasteiger partial charge in [0.2, 0.25) is 0 Å². The Morgan fingerprint density at radius 1 is 1.28 bits per heavy atom. The first kappa shape index (κ1) is 21.7. The van der Waals surface area contributed by atoms with Gasteiger partial charge in [-0.1, -0.05) is 11.8 Å². The van der Waals surface area contributed by atoms with Crippen LogP contribution in [0.5, 0.6) is 0 Å². The molecule has 2 aromatic heterocycles. The third-order valence-electron chi connectivity index (χ3n) is 4.97. The van der Waals surface area contributed by atoms with Gasteiger partial charge in [0.15, 0.2) is 4.34 Å². The number of carbonyl (C=O) groups excluding carboxylic acids is 1. The average molecular weight is 467 g/mol. The van der Waals surface area contributed by atoms with Gasteiger partial charge in [0, 0.05) is 55.1 Å². The molecule has 0 unspecified atom stereocenters. The maximum atomic E-state index is 13.0. The number of hydrogen-bond donors (Lipinski definition) is 0. The van der Waals surface area contributed by atoms with Crippen molar-refractivity contribution in [2.24, 2.45) is 0 Å². The zero-order chi connectivity index (χ0) is 22.7. The number of nitrogens with zero attached hydrogens (tertiary/aromatic N) is 6. The highest BCUT2D eigenvalue weighted by molar-refractivity contribution is 8.01. The molecule has 32 heavy (non-hydrogen) atoms. The fourth-order valence-corrected chi connectivity index (χ4v) is 5.27. The number of nitriles is 1. The fourth-order valence-electron chi connectivity index (χ4n) is 3.39. The van der Waals surface area contributed by atoms with Crippen LogP contribution in [-0.2, 0) is 0 Å². The monoisotopic (exact) mass is 466 g/mol. The topological polar surface area (TPSA) is 116 Å². The van der Waals surface area contributed by atoms with Crippen molar-refractivity contribution in [3.8, 4) is 6.07 Å². The first-order chi connectivity index (χ1) is 15.5. The molecule has 9 nitrogen and oxygen atoms in total. The van der Waals surface area contributed by atoms with Crippen LogP contribution in [0.4, 0.5) is 11.5 Å². The number of piperazine rings is 1. The van der Waals surface area contributed by atoms with Gasteiger partial charge in [0.05, 0.1) is 15.4 Å². The lowest BCUT2D eigenvalue weighted by atomic mass is 10.1. The van der Waals surface area contributed by atoms with Gasteiger partial charge in [0.1, 0.15) is 11.9 Å². The Morgan fingerprint density at radius 3 is 2.72 bits per heavy atom. The minimum atomic E-state index is -0.470. The van der Waals surface area contributed by atoms with E-state index in [0.29, 0.717) is 46.8 Å². The van der Waals surface area contributed by atoms with Crippen molar-refractivity contribution < 1.29 is 9.72 Å². The van der Waals surface area contributed by atoms with Gasteiger partial charge in [-0.15, -0.1) is 11.3 Å². The molecular formula is C21H18N6O3S2. The molecule has 1 saturated heterocycles. The summed E-state index contributed by atoms with van der Waals surface area (Å²) in [4.78, 5) is 36.9. The van der Waals surface area contributed by atoms with Gasteiger partial charge in [-0.05, 0) is 31.2 Å². The lowest BCUT2D eigenvalue weighted by Gasteiger charge is -2.35. The Kier molecular flexibility index (Phi) is 6.34. The number of aromatic nitrogens is 2. The number of anilines is 1. The number of carbonyl (C=O) groups is 1. The molecule has 1 aliphatic rings. The number of thiazole rings is 1. The molecule has 162 valence electrons. The number of benzene rings is 1. The van der Waals surface area contributed by atoms with Gasteiger partial charge in [-0.3, -0.25) is 14.9 Å². The van der Waals surface area contributed by atoms with Crippen LogP contribution in [0.15, 0.2) is 51.1 Å². The van der Waals surface area contributed by atoms with Gasteiger partial charge in [0.25, 0.3) is 11.6 Å². The summed E-state index contributed by atoms with van der Waals surface area (Å²) >= 11 is 2.64. The third kappa shape index (κ3) is 4.56. The van der Waals surface area contributed by atoms with Crippen molar-refractivity contribution in [2.45, 2.75) is 16.2 Å². The molecule has 0 radical (unpaired) electrons. The number of rotatable bonds is 5. The second-order valence-electron chi connectivity index (χ2n) is 7.06. The van der Waals surface area contributed by atoms with Crippen molar-refractivity contribution >= 4 is 40.5 Å². The molecule has 1 aromatic carbocycles. The Morgan fingerprint density at radius 2 is 2.06 bits per heavy atom. The molecule has 0 saturated carbocycles. The van der Waals surface area contributed by atoms with Crippen molar-refractivity contribution in [1.82, 2.24) is 14.9 Å². The summed E-state index contributed by atoms with van der Waals surface area (Å²) in [5.41, 5.74) is 1.52. The van der Waals surface area contributed by atoms with Gasteiger partial charge in [-0.2, -0.15) is 5.26 Å². The number of amides is 1. The highest BCUT2D eigenvalue weighted by Gasteiger charge is 2.26. The Bertz CT molecular complexity index is 1210. The summed E-state index contributed by atoms with van der Waals surface area (Å²) in [6.07, 6.45) is 1.64. The summed E-state index contributed by atoms with van der Waals surface area (Å²) in [5, 5.41) is 22.8. The van der Waals surface area contributed by atoms with Crippen LogP contribution in [0.2, 0.25) is 0 Å². The summed E-state index contributed by atoms with van der Waals surface area (Å²) in [6.45, 7) is 3.78. The van der Waals surface area contributed by atoms with E-state index in [1.54, 1.807) is 35.4 Å². The summed E-state index contributed by atoms with van der Waals surface area (Å²) in [5.74, 6) is 0.354. The quantitative estimate of drug-likeness (QED) is 0.412. The van der Waals surface area contributed by atoms with Crippen LogP contribution < -0.4 is 4.90 Å². The van der Waals surface area contributed by atoms with Crippen molar-refractivity contribution in [2.75, 3.05) is 31.1 Å². The van der Waals surface area contributed by atoms with E-state index in [1.165, 1.54) is 29.2 Å². The average Bonchev–Trinajstić information content (AvgIpc) is 3.23. The smallest absolute Gasteiger partial charge is 0.284 e. The van der Waals surface area contributed by atoms with Crippen LogP contribution in [0.25, 0.3) is 0 Å². The van der Waals surface area contributed by atoms with E-state index in [4.69, 9.17) is 0 Å². The molecule has 0 atom stereocenters. The number of aryl methyl sites for hydroxylation is 1. The molecule has 0 aliphatic carbocycles. The minimum Gasteiger partial charge on any atom is -0.352 e. The molecule has 0 spiro atoms. The Balaban J connectivity index is 1.48. The highest BCUT2D eigenvalue weighted by atomic mass is 32.2. The lowest BCUT2D eigenvalue weighted by Crippen LogP contribution is -2.49. The second-order valence-corrected chi connectivity index (χ2v) is 9.21. The molecule has 4 rings (SSSR count). The standard InChI is InChI=1S/C21H18N6O3S2/c1-14-13-31-21(24-14)32-18-5-4-15(11-17(18)27(29)30)20(28)26-9-7-25(8-10-26)19-16(12-22)3-2-6-23-19/h2-6,11,13H,7-10H2,1H3. The first-order valence-electron chi connectivity index (χ1n) is 9.74. The zero-order valence-electron chi connectivity index (χ0n) is 17.1. The molecule has 3 heterocycles. The van der Waals surface area contributed by atoms with E-state index < -0.39 is 4.92 Å². The van der Waals surface area contributed by atoms with Gasteiger partial charge >= 0.3 is 0 Å². The maximum Gasteiger partial charge on any atom is 0.284 e. The molecule has 0 bridgehead atoms.